The molecular formula is C17H14BrIOS. The highest BCUT2D eigenvalue weighted by molar-refractivity contribution is 14.1. The Labute approximate surface area is 150 Å². The lowest BCUT2D eigenvalue weighted by Gasteiger charge is -2.13. The molecular weight excluding hydrogens is 459 g/mol. The van der Waals surface area contributed by atoms with Crippen LogP contribution in [0.3, 0.4) is 0 Å². The minimum atomic E-state index is -0.565. The van der Waals surface area contributed by atoms with E-state index in [1.807, 2.05) is 6.92 Å². The van der Waals surface area contributed by atoms with Crippen molar-refractivity contribution in [2.45, 2.75) is 20.0 Å². The molecule has 21 heavy (non-hydrogen) atoms. The zero-order chi connectivity index (χ0) is 15.1. The largest absolute Gasteiger partial charge is 0.383 e. The standard InChI is InChI=1S/C17H14BrIOS/c1-9-3-4-15-11(5-9)7-16(21-15)17(20)12-8-14(19)13(18)6-10(12)2/h3-8,17,20H,1-2H3. The van der Waals surface area contributed by atoms with E-state index in [0.29, 0.717) is 0 Å². The van der Waals surface area contributed by atoms with Crippen LogP contribution < -0.4 is 0 Å². The number of hydrogen-bond acceptors (Lipinski definition) is 2. The first-order valence-corrected chi connectivity index (χ1v) is 9.28. The highest BCUT2D eigenvalue weighted by Crippen LogP contribution is 2.36. The molecule has 1 N–H and O–H groups in total. The lowest BCUT2D eigenvalue weighted by Crippen LogP contribution is -2.01. The lowest BCUT2D eigenvalue weighted by atomic mass is 10.0. The summed E-state index contributed by atoms with van der Waals surface area (Å²) in [6.07, 6.45) is -0.565. The van der Waals surface area contributed by atoms with E-state index in [0.717, 1.165) is 24.0 Å². The van der Waals surface area contributed by atoms with E-state index in [9.17, 15) is 5.11 Å². The Balaban J connectivity index is 2.07. The Kier molecular flexibility index (Phi) is 4.41. The first-order chi connectivity index (χ1) is 9.95. The summed E-state index contributed by atoms with van der Waals surface area (Å²) in [5, 5.41) is 12.0. The summed E-state index contributed by atoms with van der Waals surface area (Å²) >= 11 is 7.48. The molecule has 4 heteroatoms. The van der Waals surface area contributed by atoms with Gasteiger partial charge in [0.05, 0.1) is 0 Å². The number of aliphatic hydroxyl groups is 1. The maximum atomic E-state index is 10.8. The van der Waals surface area contributed by atoms with Crippen LogP contribution in [0.15, 0.2) is 40.9 Å². The summed E-state index contributed by atoms with van der Waals surface area (Å²) in [5.74, 6) is 0. The van der Waals surface area contributed by atoms with Gasteiger partial charge in [-0.05, 0) is 93.1 Å². The molecule has 1 atom stereocenters. The van der Waals surface area contributed by atoms with Gasteiger partial charge in [0.25, 0.3) is 0 Å². The van der Waals surface area contributed by atoms with Crippen LogP contribution in [-0.2, 0) is 0 Å². The topological polar surface area (TPSA) is 20.2 Å². The van der Waals surface area contributed by atoms with Gasteiger partial charge in [-0.2, -0.15) is 0 Å². The number of benzene rings is 2. The number of halogens is 2. The monoisotopic (exact) mass is 472 g/mol. The minimum Gasteiger partial charge on any atom is -0.383 e. The Morgan fingerprint density at radius 2 is 1.90 bits per heavy atom. The summed E-state index contributed by atoms with van der Waals surface area (Å²) < 4.78 is 3.41. The fraction of sp³-hybridized carbons (Fsp3) is 0.176. The first kappa shape index (κ1) is 15.5. The van der Waals surface area contributed by atoms with Gasteiger partial charge in [-0.25, -0.2) is 0 Å². The maximum absolute atomic E-state index is 10.8. The molecule has 3 aromatic rings. The Bertz CT molecular complexity index is 825. The SMILES string of the molecule is Cc1ccc2sc(C(O)c3cc(I)c(Br)cc3C)cc2c1. The average molecular weight is 473 g/mol. The maximum Gasteiger partial charge on any atom is 0.114 e. The fourth-order valence-corrected chi connectivity index (χ4v) is 4.43. The number of hydrogen-bond donors (Lipinski definition) is 1. The third kappa shape index (κ3) is 3.04. The summed E-state index contributed by atoms with van der Waals surface area (Å²) in [7, 11) is 0. The van der Waals surface area contributed by atoms with Crippen LogP contribution in [-0.4, -0.2) is 5.11 Å². The fourth-order valence-electron chi connectivity index (χ4n) is 2.43. The van der Waals surface area contributed by atoms with E-state index < -0.39 is 6.10 Å². The number of rotatable bonds is 2. The van der Waals surface area contributed by atoms with Crippen LogP contribution in [0, 0.1) is 17.4 Å². The smallest absolute Gasteiger partial charge is 0.114 e. The first-order valence-electron chi connectivity index (χ1n) is 6.59. The van der Waals surface area contributed by atoms with E-state index in [1.165, 1.54) is 15.6 Å². The molecule has 2 aromatic carbocycles. The molecule has 0 amide bonds. The zero-order valence-electron chi connectivity index (χ0n) is 11.7. The van der Waals surface area contributed by atoms with Crippen molar-refractivity contribution in [3.05, 3.63) is 66.0 Å². The second-order valence-corrected chi connectivity index (χ2v) is 8.35. The molecule has 3 rings (SSSR count). The van der Waals surface area contributed by atoms with E-state index in [1.54, 1.807) is 11.3 Å². The van der Waals surface area contributed by atoms with E-state index >= 15 is 0 Å². The van der Waals surface area contributed by atoms with Crippen molar-refractivity contribution in [1.82, 2.24) is 0 Å². The van der Waals surface area contributed by atoms with Crippen molar-refractivity contribution < 1.29 is 5.11 Å². The summed E-state index contributed by atoms with van der Waals surface area (Å²) in [6, 6.07) is 12.6. The second-order valence-electron chi connectivity index (χ2n) is 5.22. The molecule has 0 radical (unpaired) electrons. The summed E-state index contributed by atoms with van der Waals surface area (Å²) in [6.45, 7) is 4.13. The molecule has 0 aliphatic rings. The molecule has 0 aliphatic carbocycles. The van der Waals surface area contributed by atoms with Gasteiger partial charge in [0.15, 0.2) is 0 Å². The summed E-state index contributed by atoms with van der Waals surface area (Å²) in [4.78, 5) is 0.997. The molecule has 0 spiro atoms. The van der Waals surface area contributed by atoms with Gasteiger partial charge in [0.2, 0.25) is 0 Å². The normalized spacial score (nSPS) is 12.8. The molecule has 0 saturated carbocycles. The van der Waals surface area contributed by atoms with Crippen molar-refractivity contribution in [1.29, 1.82) is 0 Å². The molecule has 1 aromatic heterocycles. The van der Waals surface area contributed by atoms with Gasteiger partial charge in [0.1, 0.15) is 6.10 Å². The summed E-state index contributed by atoms with van der Waals surface area (Å²) in [5.41, 5.74) is 3.32. The van der Waals surface area contributed by atoms with E-state index in [2.05, 4.69) is 81.8 Å². The molecule has 0 bridgehead atoms. The Hall–Kier alpha value is -0.430. The minimum absolute atomic E-state index is 0.565. The second kappa shape index (κ2) is 5.99. The van der Waals surface area contributed by atoms with Gasteiger partial charge in [-0.3, -0.25) is 0 Å². The van der Waals surface area contributed by atoms with Crippen LogP contribution in [0.4, 0.5) is 0 Å². The third-order valence-corrected chi connectivity index (χ3v) is 7.02. The van der Waals surface area contributed by atoms with Gasteiger partial charge in [-0.1, -0.05) is 17.7 Å². The highest BCUT2D eigenvalue weighted by Gasteiger charge is 2.17. The Morgan fingerprint density at radius 3 is 2.67 bits per heavy atom. The van der Waals surface area contributed by atoms with Gasteiger partial charge >= 0.3 is 0 Å². The Morgan fingerprint density at radius 1 is 1.14 bits per heavy atom. The van der Waals surface area contributed by atoms with Gasteiger partial charge in [0, 0.05) is 17.6 Å². The van der Waals surface area contributed by atoms with E-state index in [4.69, 9.17) is 0 Å². The third-order valence-electron chi connectivity index (χ3n) is 3.56. The number of thiophene rings is 1. The highest BCUT2D eigenvalue weighted by atomic mass is 127. The van der Waals surface area contributed by atoms with Crippen molar-refractivity contribution in [3.8, 4) is 0 Å². The van der Waals surface area contributed by atoms with Crippen molar-refractivity contribution in [2.75, 3.05) is 0 Å². The van der Waals surface area contributed by atoms with Crippen molar-refractivity contribution in [3.63, 3.8) is 0 Å². The van der Waals surface area contributed by atoms with Gasteiger partial charge in [-0.15, -0.1) is 11.3 Å². The number of aliphatic hydroxyl groups excluding tert-OH is 1. The molecule has 1 nitrogen and oxygen atoms in total. The van der Waals surface area contributed by atoms with Crippen LogP contribution in [0.5, 0.6) is 0 Å². The predicted octanol–water partition coefficient (Wildman–Crippen LogP) is 5.97. The van der Waals surface area contributed by atoms with Crippen molar-refractivity contribution in [2.24, 2.45) is 0 Å². The van der Waals surface area contributed by atoms with E-state index in [-0.39, 0.29) is 0 Å². The van der Waals surface area contributed by atoms with Crippen molar-refractivity contribution >= 4 is 59.9 Å². The lowest BCUT2D eigenvalue weighted by molar-refractivity contribution is 0.223. The average Bonchev–Trinajstić information content (AvgIpc) is 2.85. The quantitative estimate of drug-likeness (QED) is 0.455. The molecule has 1 unspecified atom stereocenters. The molecule has 0 aliphatic heterocycles. The molecule has 1 heterocycles. The zero-order valence-corrected chi connectivity index (χ0v) is 16.2. The molecule has 0 saturated heterocycles. The molecule has 108 valence electrons. The number of fused-ring (bicyclic) bond motifs is 1. The van der Waals surface area contributed by atoms with Crippen LogP contribution in [0.1, 0.15) is 27.7 Å². The van der Waals surface area contributed by atoms with Crippen LogP contribution in [0.25, 0.3) is 10.1 Å². The number of aryl methyl sites for hydroxylation is 2. The predicted molar refractivity (Wildman–Crippen MR) is 102 cm³/mol. The van der Waals surface area contributed by atoms with Crippen LogP contribution >= 0.6 is 49.9 Å². The van der Waals surface area contributed by atoms with Crippen LogP contribution in [0.2, 0.25) is 0 Å². The van der Waals surface area contributed by atoms with Gasteiger partial charge < -0.3 is 5.11 Å². The molecule has 0 fully saturated rings.